The van der Waals surface area contributed by atoms with E-state index in [2.05, 4.69) is 9.73 Å². The van der Waals surface area contributed by atoms with Crippen LogP contribution < -0.4 is 0 Å². The van der Waals surface area contributed by atoms with Gasteiger partial charge in [0.1, 0.15) is 11.3 Å². The molecule has 0 spiro atoms. The van der Waals surface area contributed by atoms with Crippen LogP contribution in [0.4, 0.5) is 17.6 Å². The third kappa shape index (κ3) is 4.05. The van der Waals surface area contributed by atoms with E-state index in [4.69, 9.17) is 11.6 Å². The van der Waals surface area contributed by atoms with Gasteiger partial charge < -0.3 is 9.84 Å². The summed E-state index contributed by atoms with van der Waals surface area (Å²) in [4.78, 5) is 15.6. The largest absolute Gasteiger partial charge is 0.506 e. The molecule has 0 heterocycles. The number of halogens is 5. The van der Waals surface area contributed by atoms with Gasteiger partial charge in [-0.3, -0.25) is 4.99 Å². The topological polar surface area (TPSA) is 58.9 Å². The van der Waals surface area contributed by atoms with Crippen LogP contribution in [0.1, 0.15) is 18.1 Å². The van der Waals surface area contributed by atoms with E-state index in [1.807, 2.05) is 0 Å². The number of hydrogen-bond acceptors (Lipinski definition) is 4. The average Bonchev–Trinajstić information content (AvgIpc) is 2.55. The van der Waals surface area contributed by atoms with Gasteiger partial charge in [0.2, 0.25) is 0 Å². The van der Waals surface area contributed by atoms with Crippen LogP contribution in [0.2, 0.25) is 0 Å². The van der Waals surface area contributed by atoms with E-state index in [1.165, 1.54) is 6.92 Å². The molecule has 1 aromatic carbocycles. The number of aliphatic imine (C=N–C) groups is 1. The van der Waals surface area contributed by atoms with Crippen molar-refractivity contribution in [3.05, 3.63) is 40.0 Å². The zero-order valence-electron chi connectivity index (χ0n) is 12.8. The average molecular weight is 368 g/mol. The molecule has 4 nitrogen and oxygen atoms in total. The molecule has 1 aromatic rings. The van der Waals surface area contributed by atoms with Gasteiger partial charge in [0, 0.05) is 17.7 Å². The molecule has 0 aliphatic rings. The molecule has 132 valence electrons. The smallest absolute Gasteiger partial charge is 0.343 e. The molecule has 0 radical (unpaired) electrons. The van der Waals surface area contributed by atoms with Crippen molar-refractivity contribution in [3.63, 3.8) is 0 Å². The molecule has 9 heteroatoms. The predicted molar refractivity (Wildman–Crippen MR) is 81.3 cm³/mol. The maximum atomic E-state index is 14.0. The SMILES string of the molecule is CCOC(=O)C(C=NCCCl)=C(O)c1c(C)c(F)c(F)c(F)c1F. The van der Waals surface area contributed by atoms with Gasteiger partial charge in [0.25, 0.3) is 0 Å². The fraction of sp³-hybridized carbons (Fsp3) is 0.333. The Hall–Kier alpha value is -2.09. The van der Waals surface area contributed by atoms with Gasteiger partial charge in [-0.2, -0.15) is 0 Å². The lowest BCUT2D eigenvalue weighted by Gasteiger charge is -2.12. The quantitative estimate of drug-likeness (QED) is 0.122. The number of esters is 1. The number of alkyl halides is 1. The van der Waals surface area contributed by atoms with Gasteiger partial charge in [-0.25, -0.2) is 22.4 Å². The summed E-state index contributed by atoms with van der Waals surface area (Å²) < 4.78 is 58.9. The first-order chi connectivity index (χ1) is 11.3. The number of aliphatic hydroxyl groups excluding tert-OH is 1. The van der Waals surface area contributed by atoms with Crippen molar-refractivity contribution in [2.75, 3.05) is 19.0 Å². The molecular formula is C15H14ClF4NO3. The molecule has 0 atom stereocenters. The van der Waals surface area contributed by atoms with Gasteiger partial charge in [-0.05, 0) is 13.8 Å². The Morgan fingerprint density at radius 2 is 1.79 bits per heavy atom. The highest BCUT2D eigenvalue weighted by atomic mass is 35.5. The molecule has 1 N–H and O–H groups in total. The van der Waals surface area contributed by atoms with Crippen molar-refractivity contribution in [2.24, 2.45) is 4.99 Å². The van der Waals surface area contributed by atoms with E-state index in [9.17, 15) is 27.5 Å². The number of aliphatic hydroxyl groups is 1. The van der Waals surface area contributed by atoms with Crippen molar-refractivity contribution in [1.29, 1.82) is 0 Å². The third-order valence-corrected chi connectivity index (χ3v) is 3.09. The molecule has 0 saturated carbocycles. The van der Waals surface area contributed by atoms with Crippen LogP contribution in [0, 0.1) is 30.2 Å². The van der Waals surface area contributed by atoms with Crippen molar-refractivity contribution in [3.8, 4) is 0 Å². The van der Waals surface area contributed by atoms with Crippen LogP contribution >= 0.6 is 11.6 Å². The number of ether oxygens (including phenoxy) is 1. The van der Waals surface area contributed by atoms with Gasteiger partial charge >= 0.3 is 5.97 Å². The normalized spacial score (nSPS) is 12.5. The molecule has 0 aliphatic carbocycles. The first kappa shape index (κ1) is 20.0. The Kier molecular flexibility index (Phi) is 7.21. The highest BCUT2D eigenvalue weighted by Crippen LogP contribution is 2.29. The lowest BCUT2D eigenvalue weighted by Crippen LogP contribution is -2.14. The predicted octanol–water partition coefficient (Wildman–Crippen LogP) is 3.69. The maximum Gasteiger partial charge on any atom is 0.343 e. The monoisotopic (exact) mass is 367 g/mol. The summed E-state index contributed by atoms with van der Waals surface area (Å²) in [5.41, 5.74) is -2.35. The Bertz CT molecular complexity index is 675. The number of carbonyl (C=O) groups is 1. The second-order valence-corrected chi connectivity index (χ2v) is 4.84. The van der Waals surface area contributed by atoms with Crippen LogP contribution in [-0.4, -0.2) is 36.3 Å². The molecule has 24 heavy (non-hydrogen) atoms. The molecule has 0 amide bonds. The van der Waals surface area contributed by atoms with Gasteiger partial charge in [-0.15, -0.1) is 11.6 Å². The standard InChI is InChI=1S/C15H14ClF4NO3/c1-3-24-15(23)8(6-21-5-4-16)14(22)9-7(2)10(17)12(19)13(20)11(9)18/h6,22H,3-5H2,1-2H3. The summed E-state index contributed by atoms with van der Waals surface area (Å²) >= 11 is 5.42. The molecule has 0 aliphatic heterocycles. The first-order valence-electron chi connectivity index (χ1n) is 6.76. The second kappa shape index (κ2) is 8.68. The van der Waals surface area contributed by atoms with Gasteiger partial charge in [0.15, 0.2) is 23.3 Å². The van der Waals surface area contributed by atoms with E-state index in [0.717, 1.165) is 13.1 Å². The molecule has 0 bridgehead atoms. The highest BCUT2D eigenvalue weighted by Gasteiger charge is 2.28. The Morgan fingerprint density at radius 3 is 2.33 bits per heavy atom. The molecular weight excluding hydrogens is 354 g/mol. The van der Waals surface area contributed by atoms with E-state index in [-0.39, 0.29) is 19.0 Å². The first-order valence-corrected chi connectivity index (χ1v) is 7.30. The minimum Gasteiger partial charge on any atom is -0.506 e. The number of benzene rings is 1. The molecule has 1 rings (SSSR count). The zero-order valence-corrected chi connectivity index (χ0v) is 13.6. The lowest BCUT2D eigenvalue weighted by atomic mass is 10.0. The molecule has 0 saturated heterocycles. The Labute approximate surface area is 140 Å². The number of hydrogen-bond donors (Lipinski definition) is 1. The minimum atomic E-state index is -2.11. The third-order valence-electron chi connectivity index (χ3n) is 2.92. The Balaban J connectivity index is 3.64. The van der Waals surface area contributed by atoms with E-state index in [1.54, 1.807) is 0 Å². The summed E-state index contributed by atoms with van der Waals surface area (Å²) in [5.74, 6) is -9.78. The van der Waals surface area contributed by atoms with Crippen LogP contribution in [0.15, 0.2) is 10.6 Å². The van der Waals surface area contributed by atoms with Gasteiger partial charge in [-0.1, -0.05) is 0 Å². The molecule has 0 fully saturated rings. The summed E-state index contributed by atoms with van der Waals surface area (Å²) in [6.07, 6.45) is 0.841. The van der Waals surface area contributed by atoms with Crippen molar-refractivity contribution >= 4 is 29.5 Å². The van der Waals surface area contributed by atoms with E-state index in [0.29, 0.717) is 0 Å². The summed E-state index contributed by atoms with van der Waals surface area (Å²) in [5, 5.41) is 10.1. The summed E-state index contributed by atoms with van der Waals surface area (Å²) in [7, 11) is 0. The second-order valence-electron chi connectivity index (χ2n) is 4.46. The van der Waals surface area contributed by atoms with E-state index >= 15 is 0 Å². The lowest BCUT2D eigenvalue weighted by molar-refractivity contribution is -0.137. The molecule has 0 unspecified atom stereocenters. The minimum absolute atomic E-state index is 0.0609. The van der Waals surface area contributed by atoms with E-state index < -0.39 is 51.7 Å². The van der Waals surface area contributed by atoms with Crippen LogP contribution in [0.25, 0.3) is 5.76 Å². The molecule has 0 aromatic heterocycles. The van der Waals surface area contributed by atoms with Crippen LogP contribution in [0.3, 0.4) is 0 Å². The van der Waals surface area contributed by atoms with Gasteiger partial charge in [0.05, 0.1) is 18.7 Å². The van der Waals surface area contributed by atoms with Crippen LogP contribution in [-0.2, 0) is 9.53 Å². The van der Waals surface area contributed by atoms with Crippen LogP contribution in [0.5, 0.6) is 0 Å². The number of nitrogens with zero attached hydrogens (tertiary/aromatic N) is 1. The summed E-state index contributed by atoms with van der Waals surface area (Å²) in [6, 6.07) is 0. The van der Waals surface area contributed by atoms with Crippen molar-refractivity contribution < 1.29 is 32.2 Å². The summed E-state index contributed by atoms with van der Waals surface area (Å²) in [6.45, 7) is 2.38. The zero-order chi connectivity index (χ0) is 18.4. The number of rotatable bonds is 6. The van der Waals surface area contributed by atoms with Crippen molar-refractivity contribution in [2.45, 2.75) is 13.8 Å². The fourth-order valence-corrected chi connectivity index (χ4v) is 1.88. The highest BCUT2D eigenvalue weighted by molar-refractivity contribution is 6.18. The fourth-order valence-electron chi connectivity index (χ4n) is 1.78. The Morgan fingerprint density at radius 1 is 1.21 bits per heavy atom. The number of carbonyl (C=O) groups excluding carboxylic acids is 1. The van der Waals surface area contributed by atoms with Crippen molar-refractivity contribution in [1.82, 2.24) is 0 Å². The maximum absolute atomic E-state index is 14.0.